The lowest BCUT2D eigenvalue weighted by Gasteiger charge is -2.05. The van der Waals surface area contributed by atoms with Gasteiger partial charge in [0.25, 0.3) is 0 Å². The third-order valence-electron chi connectivity index (χ3n) is 2.35. The molecule has 0 radical (unpaired) electrons. The Bertz CT molecular complexity index is 377. The van der Waals surface area contributed by atoms with Crippen LogP contribution in [0.5, 0.6) is 5.75 Å². The minimum atomic E-state index is -0.535. The summed E-state index contributed by atoms with van der Waals surface area (Å²) < 4.78 is 23.3. The number of ketones is 1. The molecule has 0 bridgehead atoms. The standard InChI is InChI=1S/C13H17FO3/c1-3-4-7-17-9-12(15)10-5-6-13(16-2)11(14)8-10/h5-6,8H,3-4,7,9H2,1-2H3. The molecule has 94 valence electrons. The summed E-state index contributed by atoms with van der Waals surface area (Å²) in [6, 6.07) is 4.15. The molecule has 0 atom stereocenters. The lowest BCUT2D eigenvalue weighted by Crippen LogP contribution is -2.10. The topological polar surface area (TPSA) is 35.5 Å². The number of benzene rings is 1. The Balaban J connectivity index is 2.54. The van der Waals surface area contributed by atoms with E-state index >= 15 is 0 Å². The van der Waals surface area contributed by atoms with Crippen LogP contribution >= 0.6 is 0 Å². The molecule has 1 aromatic carbocycles. The fraction of sp³-hybridized carbons (Fsp3) is 0.462. The zero-order valence-corrected chi connectivity index (χ0v) is 10.2. The first-order valence-electron chi connectivity index (χ1n) is 5.63. The van der Waals surface area contributed by atoms with Crippen LogP contribution in [0.1, 0.15) is 30.1 Å². The maximum Gasteiger partial charge on any atom is 0.188 e. The first-order chi connectivity index (χ1) is 8.19. The lowest BCUT2D eigenvalue weighted by molar-refractivity contribution is 0.0754. The number of hydrogen-bond acceptors (Lipinski definition) is 3. The predicted octanol–water partition coefficient (Wildman–Crippen LogP) is 2.83. The zero-order valence-electron chi connectivity index (χ0n) is 10.2. The van der Waals surface area contributed by atoms with Crippen LogP contribution in [-0.2, 0) is 4.74 Å². The maximum absolute atomic E-state index is 13.3. The second kappa shape index (κ2) is 7.01. The average Bonchev–Trinajstić information content (AvgIpc) is 2.34. The van der Waals surface area contributed by atoms with Crippen molar-refractivity contribution in [3.05, 3.63) is 29.6 Å². The number of methoxy groups -OCH3 is 1. The van der Waals surface area contributed by atoms with Crippen molar-refractivity contribution in [1.29, 1.82) is 0 Å². The molecular formula is C13H17FO3. The second-order valence-corrected chi connectivity index (χ2v) is 3.68. The minimum absolute atomic E-state index is 0.00817. The molecule has 0 fully saturated rings. The van der Waals surface area contributed by atoms with Gasteiger partial charge in [-0.05, 0) is 24.6 Å². The average molecular weight is 240 g/mol. The van der Waals surface area contributed by atoms with Crippen LogP contribution in [0, 0.1) is 5.82 Å². The summed E-state index contributed by atoms with van der Waals surface area (Å²) in [7, 11) is 1.38. The van der Waals surface area contributed by atoms with Crippen molar-refractivity contribution >= 4 is 5.78 Å². The number of halogens is 1. The summed E-state index contributed by atoms with van der Waals surface area (Å²) in [4.78, 5) is 11.6. The SMILES string of the molecule is CCCCOCC(=O)c1ccc(OC)c(F)c1. The third-order valence-corrected chi connectivity index (χ3v) is 2.35. The van der Waals surface area contributed by atoms with Crippen molar-refractivity contribution in [3.8, 4) is 5.75 Å². The molecule has 0 aliphatic carbocycles. The largest absolute Gasteiger partial charge is 0.494 e. The van der Waals surface area contributed by atoms with Crippen LogP contribution in [0.25, 0.3) is 0 Å². The first kappa shape index (κ1) is 13.6. The number of unbranched alkanes of at least 4 members (excludes halogenated alkanes) is 1. The number of carbonyl (C=O) groups is 1. The highest BCUT2D eigenvalue weighted by Gasteiger charge is 2.10. The summed E-state index contributed by atoms with van der Waals surface area (Å²) in [5, 5.41) is 0. The van der Waals surface area contributed by atoms with Crippen LogP contribution < -0.4 is 4.74 Å². The van der Waals surface area contributed by atoms with Gasteiger partial charge in [0, 0.05) is 12.2 Å². The van der Waals surface area contributed by atoms with Gasteiger partial charge in [-0.25, -0.2) is 4.39 Å². The Hall–Kier alpha value is -1.42. The van der Waals surface area contributed by atoms with E-state index in [-0.39, 0.29) is 18.1 Å². The van der Waals surface area contributed by atoms with E-state index in [1.807, 2.05) is 6.92 Å². The van der Waals surface area contributed by atoms with E-state index in [4.69, 9.17) is 9.47 Å². The van der Waals surface area contributed by atoms with E-state index in [0.29, 0.717) is 12.2 Å². The Kier molecular flexibility index (Phi) is 5.63. The molecule has 0 amide bonds. The van der Waals surface area contributed by atoms with Gasteiger partial charge in [0.05, 0.1) is 7.11 Å². The van der Waals surface area contributed by atoms with Gasteiger partial charge in [-0.2, -0.15) is 0 Å². The molecule has 0 aliphatic heterocycles. The lowest BCUT2D eigenvalue weighted by atomic mass is 10.1. The van der Waals surface area contributed by atoms with Crippen LogP contribution in [0.2, 0.25) is 0 Å². The minimum Gasteiger partial charge on any atom is -0.494 e. The summed E-state index contributed by atoms with van der Waals surface area (Å²) in [5.74, 6) is -0.622. The van der Waals surface area contributed by atoms with Gasteiger partial charge in [-0.3, -0.25) is 4.79 Å². The van der Waals surface area contributed by atoms with Gasteiger partial charge in [0.1, 0.15) is 6.61 Å². The zero-order chi connectivity index (χ0) is 12.7. The highest BCUT2D eigenvalue weighted by molar-refractivity contribution is 5.97. The fourth-order valence-electron chi connectivity index (χ4n) is 1.33. The second-order valence-electron chi connectivity index (χ2n) is 3.68. The van der Waals surface area contributed by atoms with Crippen molar-refractivity contribution in [2.75, 3.05) is 20.3 Å². The van der Waals surface area contributed by atoms with Crippen molar-refractivity contribution < 1.29 is 18.7 Å². The Morgan fingerprint density at radius 1 is 1.41 bits per heavy atom. The normalized spacial score (nSPS) is 10.3. The molecule has 4 heteroatoms. The van der Waals surface area contributed by atoms with Crippen LogP contribution in [0.3, 0.4) is 0 Å². The predicted molar refractivity (Wildman–Crippen MR) is 63.0 cm³/mol. The Labute approximate surface area is 101 Å². The van der Waals surface area contributed by atoms with E-state index in [2.05, 4.69) is 0 Å². The molecule has 17 heavy (non-hydrogen) atoms. The molecule has 0 N–H and O–H groups in total. The maximum atomic E-state index is 13.3. The molecule has 0 aliphatic rings. The van der Waals surface area contributed by atoms with Crippen LogP contribution in [0.15, 0.2) is 18.2 Å². The molecule has 0 saturated heterocycles. The summed E-state index contributed by atoms with van der Waals surface area (Å²) in [5.41, 5.74) is 0.305. The molecule has 0 aromatic heterocycles. The highest BCUT2D eigenvalue weighted by Crippen LogP contribution is 2.17. The van der Waals surface area contributed by atoms with Gasteiger partial charge in [-0.15, -0.1) is 0 Å². The molecule has 0 unspecified atom stereocenters. The molecule has 3 nitrogen and oxygen atoms in total. The Morgan fingerprint density at radius 3 is 2.76 bits per heavy atom. The molecule has 1 aromatic rings. The highest BCUT2D eigenvalue weighted by atomic mass is 19.1. The number of hydrogen-bond donors (Lipinski definition) is 0. The van der Waals surface area contributed by atoms with Gasteiger partial charge in [0.15, 0.2) is 17.3 Å². The van der Waals surface area contributed by atoms with Gasteiger partial charge >= 0.3 is 0 Å². The van der Waals surface area contributed by atoms with E-state index in [1.54, 1.807) is 0 Å². The number of rotatable bonds is 7. The van der Waals surface area contributed by atoms with Gasteiger partial charge in [-0.1, -0.05) is 13.3 Å². The van der Waals surface area contributed by atoms with Crippen molar-refractivity contribution in [1.82, 2.24) is 0 Å². The summed E-state index contributed by atoms with van der Waals surface area (Å²) in [6.45, 7) is 2.59. The fourth-order valence-corrected chi connectivity index (χ4v) is 1.33. The molecule has 0 spiro atoms. The Morgan fingerprint density at radius 2 is 2.18 bits per heavy atom. The number of ether oxygens (including phenoxy) is 2. The first-order valence-corrected chi connectivity index (χ1v) is 5.63. The van der Waals surface area contributed by atoms with Crippen molar-refractivity contribution in [3.63, 3.8) is 0 Å². The van der Waals surface area contributed by atoms with Crippen molar-refractivity contribution in [2.45, 2.75) is 19.8 Å². The molecule has 0 heterocycles. The van der Waals surface area contributed by atoms with E-state index in [1.165, 1.54) is 25.3 Å². The van der Waals surface area contributed by atoms with E-state index in [0.717, 1.165) is 12.8 Å². The molecular weight excluding hydrogens is 223 g/mol. The van der Waals surface area contributed by atoms with E-state index in [9.17, 15) is 9.18 Å². The smallest absolute Gasteiger partial charge is 0.188 e. The van der Waals surface area contributed by atoms with Gasteiger partial charge < -0.3 is 9.47 Å². The van der Waals surface area contributed by atoms with Crippen LogP contribution in [0.4, 0.5) is 4.39 Å². The summed E-state index contributed by atoms with van der Waals surface area (Å²) >= 11 is 0. The number of carbonyl (C=O) groups excluding carboxylic acids is 1. The third kappa shape index (κ3) is 4.15. The van der Waals surface area contributed by atoms with E-state index < -0.39 is 5.82 Å². The quantitative estimate of drug-likeness (QED) is 0.543. The monoisotopic (exact) mass is 240 g/mol. The number of Topliss-reactive ketones (excluding diaryl/α,β-unsaturated/α-hetero) is 1. The van der Waals surface area contributed by atoms with Crippen molar-refractivity contribution in [2.24, 2.45) is 0 Å². The molecule has 1 rings (SSSR count). The van der Waals surface area contributed by atoms with Gasteiger partial charge in [0.2, 0.25) is 0 Å². The summed E-state index contributed by atoms with van der Waals surface area (Å²) in [6.07, 6.45) is 1.94. The molecule has 0 saturated carbocycles. The van der Waals surface area contributed by atoms with Crippen LogP contribution in [-0.4, -0.2) is 26.1 Å².